The molecule has 0 saturated carbocycles. The van der Waals surface area contributed by atoms with Crippen LogP contribution in [0.4, 0.5) is 39.3 Å². The van der Waals surface area contributed by atoms with Gasteiger partial charge in [-0.1, -0.05) is 0 Å². The second-order valence-electron chi connectivity index (χ2n) is 11.1. The normalized spacial score (nSPS) is 21.4. The first-order valence-electron chi connectivity index (χ1n) is 14.0. The Hall–Kier alpha value is -3.84. The number of carbonyl (C=O) groups excluding carboxylic acids is 1. The maximum Gasteiger partial charge on any atom is 0.264 e. The lowest BCUT2D eigenvalue weighted by Crippen LogP contribution is -2.50. The van der Waals surface area contributed by atoms with Crippen molar-refractivity contribution in [1.82, 2.24) is 14.9 Å². The SMILES string of the molecule is C[C@@H]1CN(c2nccc(-c3c(F)cc(N4CCN(C)[C@@H](C)C4)c(NC(=O)c4ccc(F)cc4C(F)F)c3F)n2)C[C@H](C)O1. The number of nitrogens with one attached hydrogen (secondary N) is 1. The third kappa shape index (κ3) is 6.42. The second kappa shape index (κ2) is 12.4. The van der Waals surface area contributed by atoms with Crippen molar-refractivity contribution in [2.75, 3.05) is 54.9 Å². The number of amides is 1. The highest BCUT2D eigenvalue weighted by Gasteiger charge is 2.31. The van der Waals surface area contributed by atoms with Crippen LogP contribution in [0.25, 0.3) is 11.3 Å². The Labute approximate surface area is 246 Å². The van der Waals surface area contributed by atoms with Gasteiger partial charge in [0.2, 0.25) is 5.95 Å². The molecular formula is C30H33F5N6O2. The Balaban J connectivity index is 1.59. The van der Waals surface area contributed by atoms with Gasteiger partial charge in [0, 0.05) is 62.2 Å². The maximum absolute atomic E-state index is 16.5. The largest absolute Gasteiger partial charge is 0.372 e. The summed E-state index contributed by atoms with van der Waals surface area (Å²) in [6.07, 6.45) is -1.99. The molecule has 0 radical (unpaired) electrons. The molecule has 2 aliphatic rings. The summed E-state index contributed by atoms with van der Waals surface area (Å²) in [7, 11) is 1.93. The molecule has 0 bridgehead atoms. The smallest absolute Gasteiger partial charge is 0.264 e. The van der Waals surface area contributed by atoms with Crippen LogP contribution in [-0.4, -0.2) is 78.8 Å². The molecule has 0 spiro atoms. The molecule has 1 aromatic heterocycles. The Morgan fingerprint density at radius 3 is 2.40 bits per heavy atom. The van der Waals surface area contributed by atoms with Gasteiger partial charge in [0.1, 0.15) is 17.3 Å². The van der Waals surface area contributed by atoms with E-state index in [9.17, 15) is 18.0 Å². The van der Waals surface area contributed by atoms with E-state index in [1.54, 1.807) is 4.90 Å². The number of likely N-dealkylation sites (N-methyl/N-ethyl adjacent to an activating group) is 1. The molecule has 1 N–H and O–H groups in total. The van der Waals surface area contributed by atoms with Crippen LogP contribution < -0.4 is 15.1 Å². The molecule has 3 aromatic rings. The molecule has 13 heteroatoms. The number of halogens is 5. The van der Waals surface area contributed by atoms with Gasteiger partial charge in [0.05, 0.1) is 29.2 Å². The van der Waals surface area contributed by atoms with Crippen LogP contribution in [0.5, 0.6) is 0 Å². The van der Waals surface area contributed by atoms with E-state index in [1.165, 1.54) is 12.3 Å². The van der Waals surface area contributed by atoms with Crippen molar-refractivity contribution in [3.63, 3.8) is 0 Å². The molecule has 2 fully saturated rings. The number of hydrogen-bond acceptors (Lipinski definition) is 7. The molecule has 43 heavy (non-hydrogen) atoms. The molecule has 0 aliphatic carbocycles. The number of carbonyl (C=O) groups is 1. The zero-order valence-electron chi connectivity index (χ0n) is 24.3. The van der Waals surface area contributed by atoms with Gasteiger partial charge in [0.25, 0.3) is 12.3 Å². The lowest BCUT2D eigenvalue weighted by molar-refractivity contribution is -0.00572. The van der Waals surface area contributed by atoms with Crippen molar-refractivity contribution in [3.8, 4) is 11.3 Å². The fourth-order valence-electron chi connectivity index (χ4n) is 5.56. The van der Waals surface area contributed by atoms with Gasteiger partial charge in [-0.3, -0.25) is 4.79 Å². The van der Waals surface area contributed by atoms with E-state index in [2.05, 4.69) is 20.2 Å². The van der Waals surface area contributed by atoms with Crippen LogP contribution in [0, 0.1) is 17.5 Å². The van der Waals surface area contributed by atoms with E-state index in [0.29, 0.717) is 38.8 Å². The van der Waals surface area contributed by atoms with Gasteiger partial charge in [-0.2, -0.15) is 0 Å². The van der Waals surface area contributed by atoms with E-state index in [1.807, 2.05) is 32.7 Å². The number of anilines is 3. The van der Waals surface area contributed by atoms with E-state index in [4.69, 9.17) is 4.74 Å². The summed E-state index contributed by atoms with van der Waals surface area (Å²) in [5.41, 5.74) is -2.28. The standard InChI is InChI=1S/C30H33F5N6O2/c1-16-13-40(10-9-39(16)4)24-12-22(32)25(23-7-8-36-30(37-23)41-14-17(2)43-18(3)15-41)26(33)27(24)38-29(42)20-6-5-19(31)11-21(20)28(34)35/h5-8,11-12,16-18,28H,9-10,13-15H2,1-4H3,(H,38,42)/t16-,17-,18+/m0/s1. The molecular weight excluding hydrogens is 571 g/mol. The fraction of sp³-hybridized carbons (Fsp3) is 0.433. The van der Waals surface area contributed by atoms with Crippen molar-refractivity contribution < 1.29 is 31.5 Å². The highest BCUT2D eigenvalue weighted by atomic mass is 19.3. The number of alkyl halides is 2. The van der Waals surface area contributed by atoms with Crippen molar-refractivity contribution in [2.45, 2.75) is 45.4 Å². The van der Waals surface area contributed by atoms with Gasteiger partial charge in [-0.25, -0.2) is 31.9 Å². The minimum Gasteiger partial charge on any atom is -0.372 e. The van der Waals surface area contributed by atoms with Crippen molar-refractivity contribution in [1.29, 1.82) is 0 Å². The molecule has 2 aromatic carbocycles. The molecule has 2 saturated heterocycles. The van der Waals surface area contributed by atoms with E-state index in [0.717, 1.165) is 18.2 Å². The molecule has 0 unspecified atom stereocenters. The van der Waals surface area contributed by atoms with Gasteiger partial charge >= 0.3 is 0 Å². The van der Waals surface area contributed by atoms with Crippen LogP contribution in [0.3, 0.4) is 0 Å². The zero-order chi connectivity index (χ0) is 31.0. The molecule has 2 aliphatic heterocycles. The predicted molar refractivity (Wildman–Crippen MR) is 153 cm³/mol. The number of hydrogen-bond donors (Lipinski definition) is 1. The number of piperazine rings is 1. The highest BCUT2D eigenvalue weighted by molar-refractivity contribution is 6.07. The third-order valence-corrected chi connectivity index (χ3v) is 7.83. The highest BCUT2D eigenvalue weighted by Crippen LogP contribution is 2.39. The Morgan fingerprint density at radius 1 is 1.00 bits per heavy atom. The quantitative estimate of drug-likeness (QED) is 0.373. The van der Waals surface area contributed by atoms with Crippen LogP contribution in [0.2, 0.25) is 0 Å². The minimum absolute atomic E-state index is 0.0216. The van der Waals surface area contributed by atoms with Gasteiger partial charge < -0.3 is 24.8 Å². The Kier molecular flexibility index (Phi) is 8.84. The Morgan fingerprint density at radius 2 is 1.72 bits per heavy atom. The summed E-state index contributed by atoms with van der Waals surface area (Å²) < 4.78 is 79.3. The molecule has 8 nitrogen and oxygen atoms in total. The maximum atomic E-state index is 16.5. The molecule has 1 amide bonds. The predicted octanol–water partition coefficient (Wildman–Crippen LogP) is 5.50. The van der Waals surface area contributed by atoms with Crippen molar-refractivity contribution in [2.24, 2.45) is 0 Å². The molecule has 230 valence electrons. The summed E-state index contributed by atoms with van der Waals surface area (Å²) in [5.74, 6) is -3.81. The van der Waals surface area contributed by atoms with Gasteiger partial charge in [0.15, 0.2) is 5.82 Å². The van der Waals surface area contributed by atoms with Crippen LogP contribution in [0.1, 0.15) is 43.1 Å². The number of aromatic nitrogens is 2. The lowest BCUT2D eigenvalue weighted by Gasteiger charge is -2.39. The lowest BCUT2D eigenvalue weighted by atomic mass is 10.0. The molecule has 3 atom stereocenters. The number of morpholine rings is 1. The second-order valence-corrected chi connectivity index (χ2v) is 11.1. The minimum atomic E-state index is -3.16. The van der Waals surface area contributed by atoms with Crippen LogP contribution in [-0.2, 0) is 4.74 Å². The van der Waals surface area contributed by atoms with Crippen LogP contribution in [0.15, 0.2) is 36.5 Å². The first-order chi connectivity index (χ1) is 20.4. The summed E-state index contributed by atoms with van der Waals surface area (Å²) in [6, 6.07) is 4.83. The number of rotatable bonds is 6. The fourth-order valence-corrected chi connectivity index (χ4v) is 5.56. The van der Waals surface area contributed by atoms with E-state index >= 15 is 8.78 Å². The van der Waals surface area contributed by atoms with Gasteiger partial charge in [-0.15, -0.1) is 0 Å². The first-order valence-corrected chi connectivity index (χ1v) is 14.0. The number of benzene rings is 2. The van der Waals surface area contributed by atoms with Crippen molar-refractivity contribution >= 4 is 23.2 Å². The summed E-state index contributed by atoms with van der Waals surface area (Å²) >= 11 is 0. The first kappa shape index (κ1) is 30.6. The van der Waals surface area contributed by atoms with E-state index in [-0.39, 0.29) is 35.6 Å². The number of ether oxygens (including phenoxy) is 1. The van der Waals surface area contributed by atoms with Crippen molar-refractivity contribution in [3.05, 3.63) is 65.1 Å². The summed E-state index contributed by atoms with van der Waals surface area (Å²) in [4.78, 5) is 27.7. The monoisotopic (exact) mass is 604 g/mol. The topological polar surface area (TPSA) is 73.8 Å². The summed E-state index contributed by atoms with van der Waals surface area (Å²) in [5, 5.41) is 2.40. The van der Waals surface area contributed by atoms with Gasteiger partial charge in [-0.05, 0) is 52.1 Å². The molecule has 3 heterocycles. The Bertz CT molecular complexity index is 1500. The average Bonchev–Trinajstić information content (AvgIpc) is 2.95. The van der Waals surface area contributed by atoms with Crippen LogP contribution >= 0.6 is 0 Å². The molecule has 5 rings (SSSR count). The third-order valence-electron chi connectivity index (χ3n) is 7.83. The zero-order valence-corrected chi connectivity index (χ0v) is 24.3. The van der Waals surface area contributed by atoms with E-state index < -0.39 is 52.2 Å². The summed E-state index contributed by atoms with van der Waals surface area (Å²) in [6.45, 7) is 8.08. The average molecular weight is 605 g/mol. The number of nitrogens with zero attached hydrogens (tertiary/aromatic N) is 5.